The van der Waals surface area contributed by atoms with Crippen molar-refractivity contribution in [2.45, 2.75) is 38.8 Å². The average Bonchev–Trinajstić information content (AvgIpc) is 3.42. The number of anilines is 1. The van der Waals surface area contributed by atoms with Crippen LogP contribution in [0.15, 0.2) is 18.3 Å². The van der Waals surface area contributed by atoms with E-state index in [1.165, 1.54) is 0 Å². The molecule has 2 N–H and O–H groups in total. The molecule has 1 aromatic heterocycles. The lowest BCUT2D eigenvalue weighted by Crippen LogP contribution is -2.58. The molecule has 0 aromatic carbocycles. The number of nitrogens with zero attached hydrogens (tertiary/aromatic N) is 3. The zero-order valence-electron chi connectivity index (χ0n) is 14.8. The SMILES string of the molecule is C[C@@H]1CN(C(=O)c2ccnc(NC(=O)C3CC3)c2)C[C@H](C)N1CCO. The van der Waals surface area contributed by atoms with E-state index < -0.39 is 0 Å². The van der Waals surface area contributed by atoms with Crippen molar-refractivity contribution in [3.8, 4) is 0 Å². The van der Waals surface area contributed by atoms with E-state index in [0.29, 0.717) is 31.0 Å². The second-order valence-electron chi connectivity index (χ2n) is 7.06. The number of amides is 2. The maximum absolute atomic E-state index is 12.9. The van der Waals surface area contributed by atoms with Gasteiger partial charge in [0.2, 0.25) is 5.91 Å². The highest BCUT2D eigenvalue weighted by molar-refractivity contribution is 5.97. The number of piperazine rings is 1. The van der Waals surface area contributed by atoms with Crippen LogP contribution in [0.2, 0.25) is 0 Å². The number of pyridine rings is 1. The minimum absolute atomic E-state index is 0.0167. The fraction of sp³-hybridized carbons (Fsp3) is 0.611. The Morgan fingerprint density at radius 1 is 1.28 bits per heavy atom. The minimum Gasteiger partial charge on any atom is -0.395 e. The summed E-state index contributed by atoms with van der Waals surface area (Å²) < 4.78 is 0. The monoisotopic (exact) mass is 346 g/mol. The number of rotatable bonds is 5. The van der Waals surface area contributed by atoms with Crippen LogP contribution in [-0.4, -0.2) is 70.0 Å². The van der Waals surface area contributed by atoms with E-state index in [2.05, 4.69) is 29.0 Å². The third-order valence-electron chi connectivity index (χ3n) is 4.95. The second-order valence-corrected chi connectivity index (χ2v) is 7.06. The van der Waals surface area contributed by atoms with Gasteiger partial charge in [-0.2, -0.15) is 0 Å². The van der Waals surface area contributed by atoms with E-state index in [1.54, 1.807) is 18.3 Å². The summed E-state index contributed by atoms with van der Waals surface area (Å²) in [5, 5.41) is 12.0. The number of aliphatic hydroxyl groups excluding tert-OH is 1. The van der Waals surface area contributed by atoms with Crippen LogP contribution in [0, 0.1) is 5.92 Å². The lowest BCUT2D eigenvalue weighted by atomic mass is 10.1. The first kappa shape index (κ1) is 17.8. The van der Waals surface area contributed by atoms with Gasteiger partial charge in [0.1, 0.15) is 5.82 Å². The van der Waals surface area contributed by atoms with Crippen molar-refractivity contribution in [1.29, 1.82) is 0 Å². The Morgan fingerprint density at radius 3 is 2.56 bits per heavy atom. The van der Waals surface area contributed by atoms with Gasteiger partial charge >= 0.3 is 0 Å². The minimum atomic E-state index is -0.0494. The van der Waals surface area contributed by atoms with E-state index in [-0.39, 0.29) is 36.4 Å². The summed E-state index contributed by atoms with van der Waals surface area (Å²) in [6, 6.07) is 3.72. The number of hydrogen-bond donors (Lipinski definition) is 2. The van der Waals surface area contributed by atoms with Crippen molar-refractivity contribution in [2.24, 2.45) is 5.92 Å². The molecule has 1 saturated heterocycles. The topological polar surface area (TPSA) is 85.8 Å². The fourth-order valence-electron chi connectivity index (χ4n) is 3.47. The highest BCUT2D eigenvalue weighted by atomic mass is 16.3. The maximum Gasteiger partial charge on any atom is 0.254 e. The Morgan fingerprint density at radius 2 is 1.96 bits per heavy atom. The van der Waals surface area contributed by atoms with E-state index in [0.717, 1.165) is 12.8 Å². The van der Waals surface area contributed by atoms with Gasteiger partial charge < -0.3 is 15.3 Å². The van der Waals surface area contributed by atoms with Gasteiger partial charge in [-0.25, -0.2) is 4.98 Å². The van der Waals surface area contributed by atoms with Gasteiger partial charge in [0, 0.05) is 49.4 Å². The third-order valence-corrected chi connectivity index (χ3v) is 4.95. The second kappa shape index (κ2) is 7.49. The molecule has 2 fully saturated rings. The molecule has 1 aliphatic carbocycles. The Bertz CT molecular complexity index is 635. The van der Waals surface area contributed by atoms with Gasteiger partial charge in [0.05, 0.1) is 6.61 Å². The van der Waals surface area contributed by atoms with Crippen molar-refractivity contribution in [1.82, 2.24) is 14.8 Å². The van der Waals surface area contributed by atoms with Crippen molar-refractivity contribution in [3.05, 3.63) is 23.9 Å². The van der Waals surface area contributed by atoms with E-state index >= 15 is 0 Å². The number of aliphatic hydroxyl groups is 1. The van der Waals surface area contributed by atoms with Gasteiger partial charge in [-0.15, -0.1) is 0 Å². The number of carbonyl (C=O) groups excluding carboxylic acids is 2. The molecule has 0 radical (unpaired) electrons. The molecule has 2 atom stereocenters. The van der Waals surface area contributed by atoms with E-state index in [4.69, 9.17) is 0 Å². The Labute approximate surface area is 148 Å². The van der Waals surface area contributed by atoms with Crippen LogP contribution < -0.4 is 5.32 Å². The first-order chi connectivity index (χ1) is 12.0. The van der Waals surface area contributed by atoms with E-state index in [1.807, 2.05) is 4.90 Å². The standard InChI is InChI=1S/C18H26N4O3/c1-12-10-21(11-13(2)22(12)7-8-23)18(25)15-5-6-19-16(9-15)20-17(24)14-3-4-14/h5-6,9,12-14,23H,3-4,7-8,10-11H2,1-2H3,(H,19,20,24)/t12-,13+. The predicted octanol–water partition coefficient (Wildman–Crippen LogP) is 0.957. The van der Waals surface area contributed by atoms with Crippen LogP contribution in [0.5, 0.6) is 0 Å². The fourth-order valence-corrected chi connectivity index (χ4v) is 3.47. The van der Waals surface area contributed by atoms with Crippen molar-refractivity contribution in [2.75, 3.05) is 31.6 Å². The van der Waals surface area contributed by atoms with Crippen LogP contribution in [0.4, 0.5) is 5.82 Å². The lowest BCUT2D eigenvalue weighted by Gasteiger charge is -2.44. The summed E-state index contributed by atoms with van der Waals surface area (Å²) in [5.74, 6) is 0.467. The summed E-state index contributed by atoms with van der Waals surface area (Å²) in [5.41, 5.74) is 0.538. The Kier molecular flexibility index (Phi) is 5.34. The summed E-state index contributed by atoms with van der Waals surface area (Å²) in [6.45, 7) is 6.12. The van der Waals surface area contributed by atoms with Gasteiger partial charge in [0.15, 0.2) is 0 Å². The van der Waals surface area contributed by atoms with Crippen LogP contribution in [0.25, 0.3) is 0 Å². The van der Waals surface area contributed by atoms with E-state index in [9.17, 15) is 14.7 Å². The van der Waals surface area contributed by atoms with Crippen LogP contribution in [-0.2, 0) is 4.79 Å². The summed E-state index contributed by atoms with van der Waals surface area (Å²) in [6.07, 6.45) is 3.42. The molecule has 2 heterocycles. The first-order valence-corrected chi connectivity index (χ1v) is 8.92. The highest BCUT2D eigenvalue weighted by Crippen LogP contribution is 2.30. The number of hydrogen-bond acceptors (Lipinski definition) is 5. The molecule has 25 heavy (non-hydrogen) atoms. The summed E-state index contributed by atoms with van der Waals surface area (Å²) in [4.78, 5) is 32.9. The molecular weight excluding hydrogens is 320 g/mol. The predicted molar refractivity (Wildman–Crippen MR) is 94.2 cm³/mol. The highest BCUT2D eigenvalue weighted by Gasteiger charge is 2.32. The maximum atomic E-state index is 12.9. The molecule has 0 bridgehead atoms. The van der Waals surface area contributed by atoms with Gasteiger partial charge in [0.25, 0.3) is 5.91 Å². The summed E-state index contributed by atoms with van der Waals surface area (Å²) >= 11 is 0. The molecule has 1 aliphatic heterocycles. The van der Waals surface area contributed by atoms with Crippen molar-refractivity contribution < 1.29 is 14.7 Å². The van der Waals surface area contributed by atoms with Crippen molar-refractivity contribution in [3.63, 3.8) is 0 Å². The molecule has 2 amide bonds. The number of β-amino-alcohol motifs (C(OH)–C–C–N with tert-alkyl or cyclic N) is 1. The molecule has 7 nitrogen and oxygen atoms in total. The lowest BCUT2D eigenvalue weighted by molar-refractivity contribution is -0.117. The third kappa shape index (κ3) is 4.16. The Balaban J connectivity index is 1.67. The molecule has 2 aliphatic rings. The Hall–Kier alpha value is -1.99. The molecule has 1 saturated carbocycles. The van der Waals surface area contributed by atoms with Gasteiger partial charge in [-0.3, -0.25) is 14.5 Å². The smallest absolute Gasteiger partial charge is 0.254 e. The number of nitrogens with one attached hydrogen (secondary N) is 1. The largest absolute Gasteiger partial charge is 0.395 e. The van der Waals surface area contributed by atoms with Crippen LogP contribution >= 0.6 is 0 Å². The summed E-state index contributed by atoms with van der Waals surface area (Å²) in [7, 11) is 0. The molecular formula is C18H26N4O3. The molecule has 0 unspecified atom stereocenters. The average molecular weight is 346 g/mol. The number of carbonyl (C=O) groups is 2. The quantitative estimate of drug-likeness (QED) is 0.829. The number of aromatic nitrogens is 1. The zero-order valence-corrected chi connectivity index (χ0v) is 14.8. The van der Waals surface area contributed by atoms with Crippen molar-refractivity contribution >= 4 is 17.6 Å². The molecule has 7 heteroatoms. The first-order valence-electron chi connectivity index (χ1n) is 8.92. The molecule has 3 rings (SSSR count). The normalized spacial score (nSPS) is 24.2. The molecule has 1 aromatic rings. The van der Waals surface area contributed by atoms with Gasteiger partial charge in [-0.1, -0.05) is 0 Å². The van der Waals surface area contributed by atoms with Gasteiger partial charge in [-0.05, 0) is 38.8 Å². The van der Waals surface area contributed by atoms with Crippen LogP contribution in [0.3, 0.4) is 0 Å². The van der Waals surface area contributed by atoms with Crippen LogP contribution in [0.1, 0.15) is 37.0 Å². The molecule has 136 valence electrons. The zero-order chi connectivity index (χ0) is 18.0. The molecule has 0 spiro atoms.